The van der Waals surface area contributed by atoms with Gasteiger partial charge >= 0.3 is 0 Å². The fourth-order valence-electron chi connectivity index (χ4n) is 1.93. The van der Waals surface area contributed by atoms with E-state index in [9.17, 15) is 4.79 Å². The molecule has 3 rings (SSSR count). The lowest BCUT2D eigenvalue weighted by Crippen LogP contribution is -1.97. The van der Waals surface area contributed by atoms with Gasteiger partial charge in [0.15, 0.2) is 17.3 Å². The average molecular weight is 271 g/mol. The van der Waals surface area contributed by atoms with Crippen LogP contribution in [-0.4, -0.2) is 12.6 Å². The number of Topliss-reactive ketones (excluding diaryl/α,β-unsaturated/α-hetero) is 1. The molecule has 0 radical (unpaired) electrons. The number of anilines is 1. The van der Waals surface area contributed by atoms with E-state index in [0.29, 0.717) is 34.2 Å². The second-order valence-electron chi connectivity index (χ2n) is 4.43. The highest BCUT2D eigenvalue weighted by Crippen LogP contribution is 2.37. The van der Waals surface area contributed by atoms with Crippen LogP contribution in [0.3, 0.4) is 0 Å². The maximum Gasteiger partial charge on any atom is 0.231 e. The third kappa shape index (κ3) is 2.25. The molecule has 0 saturated carbocycles. The summed E-state index contributed by atoms with van der Waals surface area (Å²) in [6.45, 7) is 1.71. The highest BCUT2D eigenvalue weighted by Gasteiger charge is 2.14. The Hall–Kier alpha value is -2.69. The number of nitrogens with two attached hydrogens (primary N) is 1. The second kappa shape index (κ2) is 4.77. The van der Waals surface area contributed by atoms with Crippen LogP contribution >= 0.6 is 0 Å². The lowest BCUT2D eigenvalue weighted by Gasteiger charge is -2.09. The fourth-order valence-corrected chi connectivity index (χ4v) is 1.93. The van der Waals surface area contributed by atoms with E-state index in [0.717, 1.165) is 0 Å². The molecule has 1 aliphatic rings. The molecule has 2 aromatic rings. The number of fused-ring (bicyclic) bond motifs is 1. The molecule has 0 aromatic heterocycles. The predicted octanol–water partition coefficient (Wildman–Crippen LogP) is 2.99. The molecule has 0 unspecified atom stereocenters. The number of benzene rings is 2. The van der Waals surface area contributed by atoms with Gasteiger partial charge in [-0.3, -0.25) is 4.79 Å². The van der Waals surface area contributed by atoms with Gasteiger partial charge in [0.25, 0.3) is 0 Å². The van der Waals surface area contributed by atoms with Gasteiger partial charge in [-0.05, 0) is 37.3 Å². The van der Waals surface area contributed by atoms with Crippen LogP contribution in [0.25, 0.3) is 0 Å². The number of ketones is 1. The van der Waals surface area contributed by atoms with Crippen molar-refractivity contribution in [2.24, 2.45) is 0 Å². The van der Waals surface area contributed by atoms with Crippen LogP contribution < -0.4 is 19.9 Å². The van der Waals surface area contributed by atoms with Gasteiger partial charge in [0.2, 0.25) is 6.79 Å². The molecule has 102 valence electrons. The SMILES string of the molecule is CC(=O)c1ccc(Oc2ccc3c(c2)OCO3)c(N)c1. The summed E-state index contributed by atoms with van der Waals surface area (Å²) in [5, 5.41) is 0. The second-order valence-corrected chi connectivity index (χ2v) is 4.43. The van der Waals surface area contributed by atoms with Gasteiger partial charge in [-0.25, -0.2) is 0 Å². The van der Waals surface area contributed by atoms with Gasteiger partial charge in [-0.15, -0.1) is 0 Å². The van der Waals surface area contributed by atoms with Gasteiger partial charge in [-0.1, -0.05) is 0 Å². The summed E-state index contributed by atoms with van der Waals surface area (Å²) < 4.78 is 16.2. The molecule has 1 heterocycles. The number of hydrogen-bond acceptors (Lipinski definition) is 5. The third-order valence-corrected chi connectivity index (χ3v) is 2.99. The Morgan fingerprint density at radius 2 is 1.95 bits per heavy atom. The summed E-state index contributed by atoms with van der Waals surface area (Å²) in [4.78, 5) is 11.3. The third-order valence-electron chi connectivity index (χ3n) is 2.99. The fraction of sp³-hybridized carbons (Fsp3) is 0.133. The van der Waals surface area contributed by atoms with E-state index in [-0.39, 0.29) is 12.6 Å². The van der Waals surface area contributed by atoms with Crippen LogP contribution in [0.15, 0.2) is 36.4 Å². The van der Waals surface area contributed by atoms with Gasteiger partial charge in [0.1, 0.15) is 11.5 Å². The molecule has 0 aliphatic carbocycles. The molecule has 0 bridgehead atoms. The summed E-state index contributed by atoms with van der Waals surface area (Å²) in [7, 11) is 0. The van der Waals surface area contributed by atoms with E-state index in [1.165, 1.54) is 6.92 Å². The van der Waals surface area contributed by atoms with Gasteiger partial charge < -0.3 is 19.9 Å². The molecule has 5 heteroatoms. The molecule has 20 heavy (non-hydrogen) atoms. The van der Waals surface area contributed by atoms with E-state index < -0.39 is 0 Å². The van der Waals surface area contributed by atoms with Gasteiger partial charge in [0.05, 0.1) is 5.69 Å². The van der Waals surface area contributed by atoms with Crippen molar-refractivity contribution < 1.29 is 19.0 Å². The van der Waals surface area contributed by atoms with E-state index in [2.05, 4.69) is 0 Å². The maximum atomic E-state index is 11.3. The van der Waals surface area contributed by atoms with E-state index in [1.807, 2.05) is 0 Å². The van der Waals surface area contributed by atoms with Crippen molar-refractivity contribution in [2.75, 3.05) is 12.5 Å². The Balaban J connectivity index is 1.86. The van der Waals surface area contributed by atoms with Crippen LogP contribution in [0.1, 0.15) is 17.3 Å². The molecule has 2 N–H and O–H groups in total. The predicted molar refractivity (Wildman–Crippen MR) is 73.5 cm³/mol. The number of carbonyl (C=O) groups excluding carboxylic acids is 1. The standard InChI is InChI=1S/C15H13NO4/c1-9(17)10-2-4-13(12(16)6-10)20-11-3-5-14-15(7-11)19-8-18-14/h2-7H,8,16H2,1H3. The van der Waals surface area contributed by atoms with Crippen LogP contribution in [0, 0.1) is 0 Å². The largest absolute Gasteiger partial charge is 0.455 e. The molecule has 2 aromatic carbocycles. The average Bonchev–Trinajstić information content (AvgIpc) is 2.88. The molecule has 0 spiro atoms. The normalized spacial score (nSPS) is 12.2. The lowest BCUT2D eigenvalue weighted by molar-refractivity contribution is 0.101. The molecule has 0 atom stereocenters. The first kappa shape index (κ1) is 12.3. The smallest absolute Gasteiger partial charge is 0.231 e. The van der Waals surface area contributed by atoms with Crippen LogP contribution in [0.2, 0.25) is 0 Å². The van der Waals surface area contributed by atoms with E-state index in [4.69, 9.17) is 19.9 Å². The first-order valence-electron chi connectivity index (χ1n) is 6.11. The summed E-state index contributed by atoms with van der Waals surface area (Å²) in [5.41, 5.74) is 6.86. The maximum absolute atomic E-state index is 11.3. The first-order valence-corrected chi connectivity index (χ1v) is 6.11. The molecule has 1 aliphatic heterocycles. The number of ether oxygens (including phenoxy) is 3. The minimum atomic E-state index is -0.0358. The summed E-state index contributed by atoms with van der Waals surface area (Å²) >= 11 is 0. The van der Waals surface area contributed by atoms with Crippen molar-refractivity contribution in [3.63, 3.8) is 0 Å². The Morgan fingerprint density at radius 1 is 1.15 bits per heavy atom. The lowest BCUT2D eigenvalue weighted by atomic mass is 10.1. The highest BCUT2D eigenvalue weighted by molar-refractivity contribution is 5.95. The van der Waals surface area contributed by atoms with Crippen molar-refractivity contribution in [3.8, 4) is 23.0 Å². The Labute approximate surface area is 115 Å². The van der Waals surface area contributed by atoms with E-state index in [1.54, 1.807) is 36.4 Å². The van der Waals surface area contributed by atoms with Gasteiger partial charge in [-0.2, -0.15) is 0 Å². The Kier molecular flexibility index (Phi) is 2.95. The molecule has 5 nitrogen and oxygen atoms in total. The van der Waals surface area contributed by atoms with Crippen molar-refractivity contribution in [3.05, 3.63) is 42.0 Å². The number of nitrogen functional groups attached to an aromatic ring is 1. The summed E-state index contributed by atoms with van der Waals surface area (Å²) in [6, 6.07) is 10.2. The number of rotatable bonds is 3. The van der Waals surface area contributed by atoms with Gasteiger partial charge in [0, 0.05) is 11.6 Å². The zero-order valence-electron chi connectivity index (χ0n) is 10.9. The zero-order chi connectivity index (χ0) is 14.1. The first-order chi connectivity index (χ1) is 9.63. The van der Waals surface area contributed by atoms with Crippen molar-refractivity contribution in [1.29, 1.82) is 0 Å². The molecule has 0 fully saturated rings. The summed E-state index contributed by atoms with van der Waals surface area (Å²) in [5.74, 6) is 2.38. The molecule has 0 saturated heterocycles. The highest BCUT2D eigenvalue weighted by atomic mass is 16.7. The minimum absolute atomic E-state index is 0.0358. The number of carbonyl (C=O) groups is 1. The minimum Gasteiger partial charge on any atom is -0.455 e. The van der Waals surface area contributed by atoms with Crippen LogP contribution in [0.4, 0.5) is 5.69 Å². The van der Waals surface area contributed by atoms with Crippen molar-refractivity contribution in [2.45, 2.75) is 6.92 Å². The molecule has 0 amide bonds. The van der Waals surface area contributed by atoms with Crippen LogP contribution in [-0.2, 0) is 0 Å². The topological polar surface area (TPSA) is 70.8 Å². The van der Waals surface area contributed by atoms with Crippen molar-refractivity contribution >= 4 is 11.5 Å². The molecular formula is C15H13NO4. The monoisotopic (exact) mass is 271 g/mol. The molecular weight excluding hydrogens is 258 g/mol. The number of hydrogen-bond donors (Lipinski definition) is 1. The van der Waals surface area contributed by atoms with Crippen molar-refractivity contribution in [1.82, 2.24) is 0 Å². The zero-order valence-corrected chi connectivity index (χ0v) is 10.9. The summed E-state index contributed by atoms with van der Waals surface area (Å²) in [6.07, 6.45) is 0. The quantitative estimate of drug-likeness (QED) is 0.686. The Bertz CT molecular complexity index is 682. The van der Waals surface area contributed by atoms with Crippen LogP contribution in [0.5, 0.6) is 23.0 Å². The Morgan fingerprint density at radius 3 is 2.70 bits per heavy atom. The van der Waals surface area contributed by atoms with E-state index >= 15 is 0 Å².